The van der Waals surface area contributed by atoms with E-state index in [0.29, 0.717) is 11.8 Å². The molecule has 0 spiro atoms. The Morgan fingerprint density at radius 3 is 2.48 bits per heavy atom. The van der Waals surface area contributed by atoms with Crippen LogP contribution in [0.3, 0.4) is 0 Å². The third kappa shape index (κ3) is 6.87. The van der Waals surface area contributed by atoms with Gasteiger partial charge in [0.1, 0.15) is 5.84 Å². The van der Waals surface area contributed by atoms with E-state index < -0.39 is 0 Å². The van der Waals surface area contributed by atoms with Crippen molar-refractivity contribution >= 4 is 44.8 Å². The summed E-state index contributed by atoms with van der Waals surface area (Å²) in [5.74, 6) is 1.01. The van der Waals surface area contributed by atoms with Gasteiger partial charge in [0.2, 0.25) is 0 Å². The Morgan fingerprint density at radius 1 is 0.827 bits per heavy atom. The summed E-state index contributed by atoms with van der Waals surface area (Å²) < 4.78 is 0. The molecule has 2 aliphatic carbocycles. The van der Waals surface area contributed by atoms with E-state index in [1.165, 1.54) is 55.1 Å². The fraction of sp³-hybridized carbons (Fsp3) is 0.163. The fourth-order valence-electron chi connectivity index (χ4n) is 7.73. The number of benzene rings is 5. The third-order valence-electron chi connectivity index (χ3n) is 10.5. The molecule has 8 rings (SSSR count). The molecule has 0 amide bonds. The molecule has 5 aromatic carbocycles. The van der Waals surface area contributed by atoms with E-state index in [2.05, 4.69) is 177 Å². The average molecular weight is 676 g/mol. The van der Waals surface area contributed by atoms with Crippen LogP contribution in [-0.4, -0.2) is 12.4 Å². The van der Waals surface area contributed by atoms with E-state index in [-0.39, 0.29) is 0 Å². The van der Waals surface area contributed by atoms with Crippen LogP contribution in [0.15, 0.2) is 174 Å². The molecule has 1 aliphatic heterocycles. The number of nitrogens with zero attached hydrogens (tertiary/aromatic N) is 2. The molecule has 0 radical (unpaired) electrons. The number of fused-ring (bicyclic) bond motifs is 5. The maximum absolute atomic E-state index is 6.98. The lowest BCUT2D eigenvalue weighted by atomic mass is 9.90. The highest BCUT2D eigenvalue weighted by Crippen LogP contribution is 2.36. The lowest BCUT2D eigenvalue weighted by Crippen LogP contribution is -2.26. The lowest BCUT2D eigenvalue weighted by molar-refractivity contribution is 0.710. The Balaban J connectivity index is 1.20. The predicted molar refractivity (Wildman–Crippen MR) is 223 cm³/mol. The second-order valence-corrected chi connectivity index (χ2v) is 14.2. The van der Waals surface area contributed by atoms with Crippen LogP contribution in [0.25, 0.3) is 33.3 Å². The molecule has 0 fully saturated rings. The highest BCUT2D eigenvalue weighted by atomic mass is 15.1. The van der Waals surface area contributed by atoms with Gasteiger partial charge in [-0.2, -0.15) is 0 Å². The fourth-order valence-corrected chi connectivity index (χ4v) is 7.73. The normalized spacial score (nSPS) is 19.4. The minimum Gasteiger partial charge on any atom is -0.383 e. The third-order valence-corrected chi connectivity index (χ3v) is 10.5. The van der Waals surface area contributed by atoms with Crippen molar-refractivity contribution in [2.45, 2.75) is 39.5 Å². The summed E-state index contributed by atoms with van der Waals surface area (Å²) in [6, 6.07) is 34.7. The monoisotopic (exact) mass is 675 g/mol. The van der Waals surface area contributed by atoms with Crippen LogP contribution in [0.2, 0.25) is 0 Å². The molecule has 0 bridgehead atoms. The number of rotatable bonds is 6. The van der Waals surface area contributed by atoms with Gasteiger partial charge in [-0.15, -0.1) is 0 Å². The number of amidine groups is 1. The van der Waals surface area contributed by atoms with Crippen molar-refractivity contribution in [2.75, 3.05) is 11.4 Å². The van der Waals surface area contributed by atoms with Crippen LogP contribution in [0.5, 0.6) is 0 Å². The zero-order chi connectivity index (χ0) is 35.4. The van der Waals surface area contributed by atoms with Crippen molar-refractivity contribution in [2.24, 2.45) is 16.6 Å². The van der Waals surface area contributed by atoms with Gasteiger partial charge >= 0.3 is 0 Å². The van der Waals surface area contributed by atoms with E-state index in [4.69, 9.17) is 10.7 Å². The summed E-state index contributed by atoms with van der Waals surface area (Å²) in [5, 5.41) is 4.95. The van der Waals surface area contributed by atoms with Crippen molar-refractivity contribution in [1.82, 2.24) is 0 Å². The van der Waals surface area contributed by atoms with Gasteiger partial charge < -0.3 is 10.6 Å². The predicted octanol–water partition coefficient (Wildman–Crippen LogP) is 11.7. The van der Waals surface area contributed by atoms with Crippen LogP contribution >= 0.6 is 0 Å². The smallest absolute Gasteiger partial charge is 0.131 e. The van der Waals surface area contributed by atoms with Gasteiger partial charge in [-0.1, -0.05) is 140 Å². The molecule has 52 heavy (non-hydrogen) atoms. The molecule has 2 N–H and O–H groups in total. The van der Waals surface area contributed by atoms with Crippen LogP contribution in [-0.2, 0) is 12.8 Å². The number of aliphatic imine (C=N–C) groups is 1. The Morgan fingerprint density at radius 2 is 1.62 bits per heavy atom. The first-order chi connectivity index (χ1) is 25.5. The summed E-state index contributed by atoms with van der Waals surface area (Å²) in [7, 11) is 0. The molecule has 5 aromatic rings. The Kier molecular flexibility index (Phi) is 9.42. The molecule has 3 heteroatoms. The van der Waals surface area contributed by atoms with Crippen molar-refractivity contribution < 1.29 is 0 Å². The minimum absolute atomic E-state index is 0.507. The van der Waals surface area contributed by atoms with E-state index >= 15 is 0 Å². The maximum Gasteiger partial charge on any atom is 0.131 e. The molecule has 0 aromatic heterocycles. The molecular weight excluding hydrogens is 631 g/mol. The van der Waals surface area contributed by atoms with Crippen LogP contribution in [0, 0.1) is 5.92 Å². The highest BCUT2D eigenvalue weighted by Gasteiger charge is 2.21. The van der Waals surface area contributed by atoms with Gasteiger partial charge in [0, 0.05) is 29.1 Å². The van der Waals surface area contributed by atoms with E-state index in [0.717, 1.165) is 54.7 Å². The van der Waals surface area contributed by atoms with Gasteiger partial charge in [0.05, 0.1) is 5.70 Å². The van der Waals surface area contributed by atoms with Crippen molar-refractivity contribution in [3.8, 4) is 0 Å². The van der Waals surface area contributed by atoms with Crippen LogP contribution in [0.1, 0.15) is 54.5 Å². The highest BCUT2D eigenvalue weighted by molar-refractivity contribution is 6.02. The Labute approximate surface area is 307 Å². The van der Waals surface area contributed by atoms with Crippen molar-refractivity contribution in [3.63, 3.8) is 0 Å². The largest absolute Gasteiger partial charge is 0.383 e. The Bertz CT molecular complexity index is 2400. The first-order valence-electron chi connectivity index (χ1n) is 18.5. The van der Waals surface area contributed by atoms with Crippen molar-refractivity contribution in [1.29, 1.82) is 0 Å². The molecule has 3 nitrogen and oxygen atoms in total. The SMILES string of the molecule is CC1=C/CC2=CCC(C)C=C2N(c2ccc(C(N)=N/C(=C\Cc3cccc4ccccc34)c3cc4ccccc4c4c3CC=CC=C4)cc2)C/C=C\1. The van der Waals surface area contributed by atoms with E-state index in [9.17, 15) is 0 Å². The number of hydrogen-bond donors (Lipinski definition) is 1. The summed E-state index contributed by atoms with van der Waals surface area (Å²) in [4.78, 5) is 7.71. The maximum atomic E-state index is 6.98. The van der Waals surface area contributed by atoms with E-state index in [1.807, 2.05) is 0 Å². The summed E-state index contributed by atoms with van der Waals surface area (Å²) in [5.41, 5.74) is 18.8. The molecular formula is C49H45N3. The van der Waals surface area contributed by atoms with E-state index in [1.54, 1.807) is 0 Å². The number of nitrogens with two attached hydrogens (primary N) is 1. The molecule has 0 saturated carbocycles. The molecule has 1 heterocycles. The average Bonchev–Trinajstić information content (AvgIpc) is 3.40. The minimum atomic E-state index is 0.507. The van der Waals surface area contributed by atoms with Gasteiger partial charge in [0.15, 0.2) is 0 Å². The zero-order valence-corrected chi connectivity index (χ0v) is 30.1. The second kappa shape index (κ2) is 14.7. The van der Waals surface area contributed by atoms with Gasteiger partial charge in [-0.05, 0) is 113 Å². The van der Waals surface area contributed by atoms with Crippen LogP contribution < -0.4 is 10.6 Å². The molecule has 0 saturated heterocycles. The van der Waals surface area contributed by atoms with Crippen LogP contribution in [0.4, 0.5) is 5.69 Å². The second-order valence-electron chi connectivity index (χ2n) is 14.2. The summed E-state index contributed by atoms with van der Waals surface area (Å²) in [6.07, 6.45) is 26.3. The number of allylic oxidation sites excluding steroid dienone is 10. The van der Waals surface area contributed by atoms with Gasteiger partial charge in [-0.25, -0.2) is 4.99 Å². The molecule has 256 valence electrons. The number of anilines is 1. The Hall–Kier alpha value is -5.93. The topological polar surface area (TPSA) is 41.6 Å². The standard InChI is InChI=1S/C49H45N3/c1-34-12-11-31-52(48-32-35(2)22-24-38(48)23-21-34)41-28-25-39(26-29-41)49(50)51-47(30-27-37-16-10-15-36-13-6-8-17-42(36)37)46-33-40-14-7-9-18-43(40)44-19-4-3-5-20-45(44)46/h3-19,21,24-26,28-30,32-33,35H,20,22-23,27,31H2,1-2H3,(H2,50,51)/b12-11-,34-21-,47-30-. The first kappa shape index (κ1) is 33.2. The van der Waals surface area contributed by atoms with Crippen molar-refractivity contribution in [3.05, 3.63) is 196 Å². The van der Waals surface area contributed by atoms with Gasteiger partial charge in [-0.3, -0.25) is 0 Å². The zero-order valence-electron chi connectivity index (χ0n) is 30.1. The quantitative estimate of drug-likeness (QED) is 0.144. The number of hydrogen-bond acceptors (Lipinski definition) is 2. The lowest BCUT2D eigenvalue weighted by Gasteiger charge is -2.31. The molecule has 1 unspecified atom stereocenters. The first-order valence-corrected chi connectivity index (χ1v) is 18.5. The summed E-state index contributed by atoms with van der Waals surface area (Å²) >= 11 is 0. The molecule has 3 aliphatic rings. The molecule has 1 atom stereocenters. The van der Waals surface area contributed by atoms with Gasteiger partial charge in [0.25, 0.3) is 0 Å². The summed E-state index contributed by atoms with van der Waals surface area (Å²) in [6.45, 7) is 5.29.